The fraction of sp³-hybridized carbons (Fsp3) is 0.350. The molecule has 25 heavy (non-hydrogen) atoms. The molecule has 5 heteroatoms. The van der Waals surface area contributed by atoms with Gasteiger partial charge in [-0.3, -0.25) is 0 Å². The maximum atomic E-state index is 12.3. The van der Waals surface area contributed by atoms with Crippen LogP contribution in [0.4, 0.5) is 4.79 Å². The number of aliphatic hydroxyl groups excluding tert-OH is 1. The van der Waals surface area contributed by atoms with Gasteiger partial charge in [0.25, 0.3) is 0 Å². The van der Waals surface area contributed by atoms with E-state index in [2.05, 4.69) is 5.32 Å². The number of nitrogens with one attached hydrogen (secondary N) is 1. The van der Waals surface area contributed by atoms with Gasteiger partial charge in [0.2, 0.25) is 0 Å². The summed E-state index contributed by atoms with van der Waals surface area (Å²) in [4.78, 5) is 14.1. The number of rotatable bonds is 4. The molecule has 1 heterocycles. The van der Waals surface area contributed by atoms with E-state index in [1.165, 1.54) is 0 Å². The van der Waals surface area contributed by atoms with Gasteiger partial charge in [0.15, 0.2) is 0 Å². The second-order valence-electron chi connectivity index (χ2n) is 6.43. The number of urea groups is 1. The predicted molar refractivity (Wildman–Crippen MR) is 99.4 cm³/mol. The van der Waals surface area contributed by atoms with E-state index in [9.17, 15) is 9.90 Å². The zero-order chi connectivity index (χ0) is 17.6. The van der Waals surface area contributed by atoms with Gasteiger partial charge in [-0.1, -0.05) is 60.1 Å². The summed E-state index contributed by atoms with van der Waals surface area (Å²) >= 11 is 6.11. The lowest BCUT2D eigenvalue weighted by atomic mass is 9.87. The molecule has 2 N–H and O–H groups in total. The van der Waals surface area contributed by atoms with Crippen molar-refractivity contribution in [3.8, 4) is 0 Å². The normalized spacial score (nSPS) is 16.5. The van der Waals surface area contributed by atoms with Crippen LogP contribution in [0, 0.1) is 5.92 Å². The molecule has 3 rings (SSSR count). The number of carbonyl (C=O) groups excluding carboxylic acids is 1. The van der Waals surface area contributed by atoms with Crippen LogP contribution in [0.2, 0.25) is 5.02 Å². The van der Waals surface area contributed by atoms with E-state index in [1.807, 2.05) is 59.5 Å². The summed E-state index contributed by atoms with van der Waals surface area (Å²) in [6.45, 7) is 1.73. The Morgan fingerprint density at radius 2 is 1.76 bits per heavy atom. The van der Waals surface area contributed by atoms with Crippen molar-refractivity contribution in [1.82, 2.24) is 10.2 Å². The Bertz CT molecular complexity index is 700. The number of likely N-dealkylation sites (tertiary alicyclic amines) is 1. The Hall–Kier alpha value is -2.04. The molecule has 2 aromatic rings. The summed E-state index contributed by atoms with van der Waals surface area (Å²) < 4.78 is 0. The van der Waals surface area contributed by atoms with Crippen molar-refractivity contribution in [3.05, 3.63) is 70.7 Å². The maximum Gasteiger partial charge on any atom is 0.317 e. The van der Waals surface area contributed by atoms with E-state index < -0.39 is 6.10 Å². The number of piperidine rings is 1. The molecule has 1 fully saturated rings. The molecule has 0 radical (unpaired) electrons. The molecular weight excluding hydrogens is 336 g/mol. The Morgan fingerprint density at radius 3 is 2.44 bits per heavy atom. The first-order chi connectivity index (χ1) is 12.1. The molecule has 132 valence electrons. The average Bonchev–Trinajstić information content (AvgIpc) is 2.67. The third-order valence-corrected chi connectivity index (χ3v) is 5.17. The highest BCUT2D eigenvalue weighted by Gasteiger charge is 2.28. The smallest absolute Gasteiger partial charge is 0.317 e. The van der Waals surface area contributed by atoms with E-state index in [0.717, 1.165) is 24.0 Å². The predicted octanol–water partition coefficient (Wildman–Crippen LogP) is 4.00. The van der Waals surface area contributed by atoms with Crippen molar-refractivity contribution < 1.29 is 9.90 Å². The molecule has 1 aliphatic rings. The monoisotopic (exact) mass is 358 g/mol. The second kappa shape index (κ2) is 8.37. The summed E-state index contributed by atoms with van der Waals surface area (Å²) in [6, 6.07) is 17.2. The first kappa shape index (κ1) is 17.8. The standard InChI is InChI=1S/C20H23ClN2O2/c21-18-9-5-4-8-17(18)14-22-20(25)23-12-10-16(11-13-23)19(24)15-6-2-1-3-7-15/h1-9,16,19,24H,10-14H2,(H,22,25)/t19-/m1/s1. The molecule has 1 saturated heterocycles. The van der Waals surface area contributed by atoms with Crippen molar-refractivity contribution >= 4 is 17.6 Å². The number of carbonyl (C=O) groups is 1. The summed E-state index contributed by atoms with van der Waals surface area (Å²) in [7, 11) is 0. The summed E-state index contributed by atoms with van der Waals surface area (Å²) in [6.07, 6.45) is 1.14. The van der Waals surface area contributed by atoms with Gasteiger partial charge in [-0.05, 0) is 36.0 Å². The van der Waals surface area contributed by atoms with Crippen molar-refractivity contribution in [3.63, 3.8) is 0 Å². The Morgan fingerprint density at radius 1 is 1.12 bits per heavy atom. The highest BCUT2D eigenvalue weighted by molar-refractivity contribution is 6.31. The Labute approximate surface area is 153 Å². The highest BCUT2D eigenvalue weighted by Crippen LogP contribution is 2.30. The van der Waals surface area contributed by atoms with Crippen LogP contribution < -0.4 is 5.32 Å². The summed E-state index contributed by atoms with van der Waals surface area (Å²) in [5.41, 5.74) is 1.86. The van der Waals surface area contributed by atoms with Crippen LogP contribution in [-0.4, -0.2) is 29.1 Å². The first-order valence-electron chi connectivity index (χ1n) is 8.64. The van der Waals surface area contributed by atoms with Gasteiger partial charge in [-0.25, -0.2) is 4.79 Å². The number of aliphatic hydroxyl groups is 1. The number of hydrogen-bond acceptors (Lipinski definition) is 2. The largest absolute Gasteiger partial charge is 0.388 e. The Balaban J connectivity index is 1.48. The fourth-order valence-electron chi connectivity index (χ4n) is 3.27. The molecule has 2 aromatic carbocycles. The second-order valence-corrected chi connectivity index (χ2v) is 6.84. The zero-order valence-corrected chi connectivity index (χ0v) is 14.8. The average molecular weight is 359 g/mol. The van der Waals surface area contributed by atoms with Crippen LogP contribution in [0.5, 0.6) is 0 Å². The third kappa shape index (κ3) is 4.53. The van der Waals surface area contributed by atoms with E-state index in [4.69, 9.17) is 11.6 Å². The van der Waals surface area contributed by atoms with Crippen LogP contribution >= 0.6 is 11.6 Å². The lowest BCUT2D eigenvalue weighted by Gasteiger charge is -2.34. The molecule has 4 nitrogen and oxygen atoms in total. The maximum absolute atomic E-state index is 12.3. The van der Waals surface area contributed by atoms with Crippen molar-refractivity contribution in [2.75, 3.05) is 13.1 Å². The van der Waals surface area contributed by atoms with Crippen LogP contribution in [0.3, 0.4) is 0 Å². The summed E-state index contributed by atoms with van der Waals surface area (Å²) in [5, 5.41) is 14.1. The highest BCUT2D eigenvalue weighted by atomic mass is 35.5. The minimum Gasteiger partial charge on any atom is -0.388 e. The van der Waals surface area contributed by atoms with E-state index in [1.54, 1.807) is 0 Å². The minimum atomic E-state index is -0.463. The zero-order valence-electron chi connectivity index (χ0n) is 14.1. The molecule has 0 unspecified atom stereocenters. The molecule has 1 atom stereocenters. The minimum absolute atomic E-state index is 0.0763. The molecule has 1 aliphatic heterocycles. The fourth-order valence-corrected chi connectivity index (χ4v) is 3.47. The number of nitrogens with zero attached hydrogens (tertiary/aromatic N) is 1. The molecular formula is C20H23ClN2O2. The molecule has 0 aromatic heterocycles. The van der Waals surface area contributed by atoms with Gasteiger partial charge in [0.05, 0.1) is 6.10 Å². The molecule has 0 bridgehead atoms. The quantitative estimate of drug-likeness (QED) is 0.868. The van der Waals surface area contributed by atoms with Gasteiger partial charge >= 0.3 is 6.03 Å². The van der Waals surface area contributed by atoms with Crippen LogP contribution in [0.1, 0.15) is 30.1 Å². The number of benzene rings is 2. The molecule has 2 amide bonds. The first-order valence-corrected chi connectivity index (χ1v) is 9.02. The Kier molecular flexibility index (Phi) is 5.95. The number of halogens is 1. The van der Waals surface area contributed by atoms with E-state index >= 15 is 0 Å². The van der Waals surface area contributed by atoms with Crippen LogP contribution in [0.25, 0.3) is 0 Å². The van der Waals surface area contributed by atoms with Crippen molar-refractivity contribution in [1.29, 1.82) is 0 Å². The third-order valence-electron chi connectivity index (χ3n) is 4.80. The van der Waals surface area contributed by atoms with Gasteiger partial charge in [0, 0.05) is 24.7 Å². The van der Waals surface area contributed by atoms with Crippen LogP contribution in [-0.2, 0) is 6.54 Å². The van der Waals surface area contributed by atoms with E-state index in [0.29, 0.717) is 24.7 Å². The van der Waals surface area contributed by atoms with Crippen molar-refractivity contribution in [2.24, 2.45) is 5.92 Å². The summed E-state index contributed by atoms with van der Waals surface area (Å²) in [5.74, 6) is 0.190. The van der Waals surface area contributed by atoms with E-state index in [-0.39, 0.29) is 11.9 Å². The van der Waals surface area contributed by atoms with Crippen LogP contribution in [0.15, 0.2) is 54.6 Å². The molecule has 0 spiro atoms. The lowest BCUT2D eigenvalue weighted by molar-refractivity contribution is 0.0665. The number of amides is 2. The SMILES string of the molecule is O=C(NCc1ccccc1Cl)N1CCC([C@H](O)c2ccccc2)CC1. The van der Waals surface area contributed by atoms with Gasteiger partial charge in [-0.15, -0.1) is 0 Å². The number of hydrogen-bond donors (Lipinski definition) is 2. The molecule has 0 saturated carbocycles. The molecule has 0 aliphatic carbocycles. The van der Waals surface area contributed by atoms with Gasteiger partial charge in [-0.2, -0.15) is 0 Å². The van der Waals surface area contributed by atoms with Crippen molar-refractivity contribution in [2.45, 2.75) is 25.5 Å². The topological polar surface area (TPSA) is 52.6 Å². The van der Waals surface area contributed by atoms with Gasteiger partial charge in [0.1, 0.15) is 0 Å². The van der Waals surface area contributed by atoms with Gasteiger partial charge < -0.3 is 15.3 Å². The lowest BCUT2D eigenvalue weighted by Crippen LogP contribution is -2.45.